The largest absolute Gasteiger partial charge is 0.497 e. The van der Waals surface area contributed by atoms with Gasteiger partial charge in [-0.3, -0.25) is 9.59 Å². The lowest BCUT2D eigenvalue weighted by Crippen LogP contribution is -2.35. The van der Waals surface area contributed by atoms with E-state index in [2.05, 4.69) is 26.7 Å². The molecule has 2 heterocycles. The van der Waals surface area contributed by atoms with Crippen LogP contribution in [0.3, 0.4) is 0 Å². The second-order valence-electron chi connectivity index (χ2n) is 7.38. The highest BCUT2D eigenvalue weighted by Gasteiger charge is 2.18. The Morgan fingerprint density at radius 2 is 1.86 bits per heavy atom. The van der Waals surface area contributed by atoms with E-state index < -0.39 is 0 Å². The topological polar surface area (TPSA) is 135 Å². The standard InChI is InChI=1S/C16H14N2O3.C9H11N3O2.C2H6/c1-20-15-6-7-16(13(8-15)9-17)21-14-4-2-12(3-5-14)10-18-11-19;13-9(7-3-10-6-11-4-7)12-8-1-2-14-5-8;1-2/h2-8,11H,10H2,1H3,(H,18,19);3-4,6,8H,1-2,5H2,(H,12,13);1-2H3/t;8-;/m.1./s1. The molecule has 2 aromatic carbocycles. The first-order valence-corrected chi connectivity index (χ1v) is 11.8. The third-order valence-corrected chi connectivity index (χ3v) is 4.94. The summed E-state index contributed by atoms with van der Waals surface area (Å²) in [5.41, 5.74) is 1.85. The fourth-order valence-electron chi connectivity index (χ4n) is 3.11. The molecule has 0 spiro atoms. The van der Waals surface area contributed by atoms with E-state index in [-0.39, 0.29) is 11.9 Å². The molecule has 1 saturated heterocycles. The van der Waals surface area contributed by atoms with Gasteiger partial charge in [-0.15, -0.1) is 0 Å². The summed E-state index contributed by atoms with van der Waals surface area (Å²) in [6, 6.07) is 14.5. The number of carbonyl (C=O) groups is 2. The molecular formula is C27H31N5O5. The third kappa shape index (κ3) is 9.58. The first kappa shape index (κ1) is 28.7. The van der Waals surface area contributed by atoms with Crippen LogP contribution >= 0.6 is 0 Å². The van der Waals surface area contributed by atoms with E-state index >= 15 is 0 Å². The normalized spacial score (nSPS) is 13.4. The van der Waals surface area contributed by atoms with Crippen molar-refractivity contribution >= 4 is 12.3 Å². The number of nitrogens with zero attached hydrogens (tertiary/aromatic N) is 3. The molecule has 1 aromatic heterocycles. The number of benzene rings is 2. The van der Waals surface area contributed by atoms with Gasteiger partial charge in [0, 0.05) is 31.6 Å². The lowest BCUT2D eigenvalue weighted by atomic mass is 10.2. The van der Waals surface area contributed by atoms with Crippen LogP contribution in [0.5, 0.6) is 17.2 Å². The minimum atomic E-state index is -0.138. The summed E-state index contributed by atoms with van der Waals surface area (Å²) in [6.07, 6.45) is 5.92. The number of aromatic nitrogens is 2. The summed E-state index contributed by atoms with van der Waals surface area (Å²) in [7, 11) is 1.54. The molecule has 0 saturated carbocycles. The number of hydrogen-bond acceptors (Lipinski definition) is 8. The maximum Gasteiger partial charge on any atom is 0.254 e. The van der Waals surface area contributed by atoms with Crippen LogP contribution in [-0.4, -0.2) is 48.7 Å². The van der Waals surface area contributed by atoms with Crippen LogP contribution in [0.2, 0.25) is 0 Å². The van der Waals surface area contributed by atoms with Gasteiger partial charge in [0.15, 0.2) is 0 Å². The first-order chi connectivity index (χ1) is 18.1. The van der Waals surface area contributed by atoms with Crippen molar-refractivity contribution in [1.82, 2.24) is 20.6 Å². The fraction of sp³-hybridized carbons (Fsp3) is 0.296. The molecule has 10 heteroatoms. The highest BCUT2D eigenvalue weighted by Crippen LogP contribution is 2.28. The predicted molar refractivity (Wildman–Crippen MR) is 137 cm³/mol. The lowest BCUT2D eigenvalue weighted by molar-refractivity contribution is -0.109. The number of ether oxygens (including phenoxy) is 3. The monoisotopic (exact) mass is 505 g/mol. The third-order valence-electron chi connectivity index (χ3n) is 4.94. The summed E-state index contributed by atoms with van der Waals surface area (Å²) in [6.45, 7) is 5.78. The summed E-state index contributed by atoms with van der Waals surface area (Å²) >= 11 is 0. The zero-order valence-corrected chi connectivity index (χ0v) is 21.1. The van der Waals surface area contributed by atoms with Gasteiger partial charge in [0.05, 0.1) is 30.9 Å². The SMILES string of the molecule is CC.COc1ccc(Oc2ccc(CNC=O)cc2)c(C#N)c1.O=C(N[C@@H]1CCOC1)c1cncnc1. The van der Waals surface area contributed by atoms with Crippen molar-refractivity contribution in [1.29, 1.82) is 5.26 Å². The minimum absolute atomic E-state index is 0.128. The van der Waals surface area contributed by atoms with Crippen LogP contribution in [0.1, 0.15) is 41.8 Å². The molecule has 0 unspecified atom stereocenters. The maximum absolute atomic E-state index is 11.6. The van der Waals surface area contributed by atoms with E-state index in [0.29, 0.717) is 47.9 Å². The molecule has 0 aliphatic carbocycles. The molecule has 37 heavy (non-hydrogen) atoms. The highest BCUT2D eigenvalue weighted by atomic mass is 16.5. The van der Waals surface area contributed by atoms with Gasteiger partial charge in [0.2, 0.25) is 6.41 Å². The molecule has 1 fully saturated rings. The molecule has 3 aromatic rings. The molecule has 4 rings (SSSR count). The molecule has 2 N–H and O–H groups in total. The Bertz CT molecular complexity index is 1140. The first-order valence-electron chi connectivity index (χ1n) is 11.8. The Labute approximate surface area is 216 Å². The van der Waals surface area contributed by atoms with Crippen molar-refractivity contribution in [2.75, 3.05) is 20.3 Å². The molecule has 10 nitrogen and oxygen atoms in total. The molecule has 1 aliphatic rings. The second-order valence-corrected chi connectivity index (χ2v) is 7.38. The molecule has 0 radical (unpaired) electrons. The van der Waals surface area contributed by atoms with E-state index in [1.165, 1.54) is 18.7 Å². The number of nitriles is 1. The van der Waals surface area contributed by atoms with Crippen LogP contribution in [0, 0.1) is 11.3 Å². The van der Waals surface area contributed by atoms with Crippen LogP contribution < -0.4 is 20.1 Å². The van der Waals surface area contributed by atoms with Crippen LogP contribution in [0.15, 0.2) is 61.2 Å². The van der Waals surface area contributed by atoms with Gasteiger partial charge in [-0.1, -0.05) is 26.0 Å². The van der Waals surface area contributed by atoms with Crippen molar-refractivity contribution in [3.05, 3.63) is 77.9 Å². The minimum Gasteiger partial charge on any atom is -0.497 e. The van der Waals surface area contributed by atoms with Crippen molar-refractivity contribution in [2.45, 2.75) is 32.9 Å². The average molecular weight is 506 g/mol. The molecule has 0 bridgehead atoms. The van der Waals surface area contributed by atoms with Gasteiger partial charge in [0.25, 0.3) is 5.91 Å². The number of carbonyl (C=O) groups excluding carboxylic acids is 2. The number of amides is 2. The van der Waals surface area contributed by atoms with Crippen LogP contribution in [0.25, 0.3) is 0 Å². The van der Waals surface area contributed by atoms with E-state index in [4.69, 9.17) is 19.5 Å². The van der Waals surface area contributed by atoms with Gasteiger partial charge in [0.1, 0.15) is 29.6 Å². The Hall–Kier alpha value is -4.49. The number of methoxy groups -OCH3 is 1. The number of rotatable bonds is 8. The fourth-order valence-corrected chi connectivity index (χ4v) is 3.11. The molecule has 194 valence electrons. The Balaban J connectivity index is 0.000000260. The molecule has 1 aliphatic heterocycles. The van der Waals surface area contributed by atoms with Gasteiger partial charge in [-0.2, -0.15) is 5.26 Å². The Kier molecular flexibility index (Phi) is 12.6. The summed E-state index contributed by atoms with van der Waals surface area (Å²) < 4.78 is 15.9. The summed E-state index contributed by atoms with van der Waals surface area (Å²) in [4.78, 5) is 29.3. The Morgan fingerprint density at radius 1 is 1.16 bits per heavy atom. The van der Waals surface area contributed by atoms with Crippen molar-refractivity contribution in [3.63, 3.8) is 0 Å². The molecule has 1 atom stereocenters. The summed E-state index contributed by atoms with van der Waals surface area (Å²) in [5.74, 6) is 1.55. The van der Waals surface area contributed by atoms with Crippen LogP contribution in [-0.2, 0) is 16.1 Å². The van der Waals surface area contributed by atoms with Crippen LogP contribution in [0.4, 0.5) is 0 Å². The molecular weight excluding hydrogens is 474 g/mol. The molecule has 2 amide bonds. The number of nitrogens with one attached hydrogen (secondary N) is 2. The lowest BCUT2D eigenvalue weighted by Gasteiger charge is -2.09. The predicted octanol–water partition coefficient (Wildman–Crippen LogP) is 3.63. The van der Waals surface area contributed by atoms with E-state index in [1.807, 2.05) is 26.0 Å². The zero-order chi connectivity index (χ0) is 26.9. The van der Waals surface area contributed by atoms with Crippen molar-refractivity contribution in [2.24, 2.45) is 0 Å². The van der Waals surface area contributed by atoms with Gasteiger partial charge in [-0.25, -0.2) is 9.97 Å². The van der Waals surface area contributed by atoms with Gasteiger partial charge in [-0.05, 0) is 36.2 Å². The van der Waals surface area contributed by atoms with E-state index in [0.717, 1.165) is 18.6 Å². The van der Waals surface area contributed by atoms with Gasteiger partial charge >= 0.3 is 0 Å². The van der Waals surface area contributed by atoms with E-state index in [9.17, 15) is 9.59 Å². The Morgan fingerprint density at radius 3 is 2.46 bits per heavy atom. The quantitative estimate of drug-likeness (QED) is 0.443. The van der Waals surface area contributed by atoms with Gasteiger partial charge < -0.3 is 24.8 Å². The summed E-state index contributed by atoms with van der Waals surface area (Å²) in [5, 5.41) is 14.6. The highest BCUT2D eigenvalue weighted by molar-refractivity contribution is 5.93. The zero-order valence-electron chi connectivity index (χ0n) is 21.1. The smallest absolute Gasteiger partial charge is 0.254 e. The van der Waals surface area contributed by atoms with Crippen molar-refractivity contribution < 1.29 is 23.8 Å². The second kappa shape index (κ2) is 16.2. The average Bonchev–Trinajstić information content (AvgIpc) is 3.48. The number of hydrogen-bond donors (Lipinski definition) is 2. The maximum atomic E-state index is 11.6. The van der Waals surface area contributed by atoms with Crippen molar-refractivity contribution in [3.8, 4) is 23.3 Å². The van der Waals surface area contributed by atoms with E-state index in [1.54, 1.807) is 37.4 Å².